The maximum atomic E-state index is 12.1. The van der Waals surface area contributed by atoms with E-state index in [4.69, 9.17) is 4.74 Å². The Hall–Kier alpha value is -1.92. The highest BCUT2D eigenvalue weighted by Crippen LogP contribution is 2.21. The first-order valence-corrected chi connectivity index (χ1v) is 10.0. The molecule has 1 aromatic carbocycles. The third kappa shape index (κ3) is 5.29. The minimum Gasteiger partial charge on any atom is -0.483 e. The number of likely N-dealkylation sites (tertiary alicyclic amines) is 1. The van der Waals surface area contributed by atoms with Gasteiger partial charge in [0, 0.05) is 18.5 Å². The van der Waals surface area contributed by atoms with Crippen molar-refractivity contribution in [2.75, 3.05) is 25.0 Å². The number of aryl methyl sites for hydroxylation is 2. The maximum Gasteiger partial charge on any atom is 0.264 e. The third-order valence-electron chi connectivity index (χ3n) is 4.63. The Balaban J connectivity index is 1.49. The van der Waals surface area contributed by atoms with Crippen molar-refractivity contribution in [2.45, 2.75) is 40.2 Å². The molecule has 1 aliphatic rings. The van der Waals surface area contributed by atoms with Crippen LogP contribution >= 0.6 is 11.3 Å². The van der Waals surface area contributed by atoms with Crippen LogP contribution in [-0.4, -0.2) is 35.5 Å². The van der Waals surface area contributed by atoms with Gasteiger partial charge in [-0.3, -0.25) is 15.0 Å². The van der Waals surface area contributed by atoms with Crippen molar-refractivity contribution in [3.05, 3.63) is 40.4 Å². The standard InChI is InChI=1S/C20H27N3O2S/c1-14-6-7-16(3)18(9-14)25-12-19(24)22-20-21-17(13-26-20)11-23-8-4-5-15(2)10-23/h6-7,9,13,15H,4-5,8,10-12H2,1-3H3,(H,21,22,24). The number of hydrogen-bond acceptors (Lipinski definition) is 5. The Labute approximate surface area is 159 Å². The number of piperidine rings is 1. The van der Waals surface area contributed by atoms with Gasteiger partial charge in [0.2, 0.25) is 0 Å². The number of nitrogens with one attached hydrogen (secondary N) is 1. The van der Waals surface area contributed by atoms with Crippen molar-refractivity contribution >= 4 is 22.4 Å². The van der Waals surface area contributed by atoms with Gasteiger partial charge in [0.25, 0.3) is 5.91 Å². The van der Waals surface area contributed by atoms with Crippen molar-refractivity contribution in [3.63, 3.8) is 0 Å². The SMILES string of the molecule is Cc1ccc(C)c(OCC(=O)Nc2nc(CN3CCCC(C)C3)cs2)c1. The van der Waals surface area contributed by atoms with E-state index in [2.05, 4.69) is 22.1 Å². The average molecular weight is 374 g/mol. The van der Waals surface area contributed by atoms with Crippen molar-refractivity contribution in [3.8, 4) is 5.75 Å². The van der Waals surface area contributed by atoms with Crippen LogP contribution in [0.15, 0.2) is 23.6 Å². The minimum absolute atomic E-state index is 0.0111. The van der Waals surface area contributed by atoms with E-state index >= 15 is 0 Å². The summed E-state index contributed by atoms with van der Waals surface area (Å²) in [5.41, 5.74) is 3.16. The normalized spacial score (nSPS) is 17.9. The number of thiazole rings is 1. The Morgan fingerprint density at radius 3 is 3.08 bits per heavy atom. The lowest BCUT2D eigenvalue weighted by Gasteiger charge is -2.30. The van der Waals surface area contributed by atoms with Crippen molar-refractivity contribution < 1.29 is 9.53 Å². The Morgan fingerprint density at radius 1 is 1.42 bits per heavy atom. The van der Waals surface area contributed by atoms with Gasteiger partial charge in [-0.1, -0.05) is 19.1 Å². The summed E-state index contributed by atoms with van der Waals surface area (Å²) in [6.07, 6.45) is 2.57. The molecule has 3 rings (SSSR count). The van der Waals surface area contributed by atoms with Crippen molar-refractivity contribution in [1.82, 2.24) is 9.88 Å². The zero-order valence-corrected chi connectivity index (χ0v) is 16.6. The molecule has 1 aliphatic heterocycles. The molecule has 140 valence electrons. The number of benzene rings is 1. The fourth-order valence-electron chi connectivity index (χ4n) is 3.26. The third-order valence-corrected chi connectivity index (χ3v) is 5.43. The van der Waals surface area contributed by atoms with Crippen LogP contribution in [0.25, 0.3) is 0 Å². The predicted octanol–water partition coefficient (Wildman–Crippen LogP) is 4.01. The van der Waals surface area contributed by atoms with Crippen LogP contribution in [0.1, 0.15) is 36.6 Å². The molecule has 2 aromatic rings. The fourth-order valence-corrected chi connectivity index (χ4v) is 3.98. The van der Waals surface area contributed by atoms with Gasteiger partial charge >= 0.3 is 0 Å². The van der Waals surface area contributed by atoms with Gasteiger partial charge in [-0.25, -0.2) is 4.98 Å². The molecule has 6 heteroatoms. The van der Waals surface area contributed by atoms with Gasteiger partial charge in [0.15, 0.2) is 11.7 Å². The van der Waals surface area contributed by atoms with Crippen molar-refractivity contribution in [2.24, 2.45) is 5.92 Å². The van der Waals surface area contributed by atoms with Gasteiger partial charge in [-0.05, 0) is 56.3 Å². The molecular formula is C20H27N3O2S. The van der Waals surface area contributed by atoms with Gasteiger partial charge in [0.1, 0.15) is 5.75 Å². The molecule has 0 saturated carbocycles. The summed E-state index contributed by atoms with van der Waals surface area (Å²) in [5.74, 6) is 1.32. The van der Waals surface area contributed by atoms with Crippen LogP contribution in [0.5, 0.6) is 5.75 Å². The molecule has 0 radical (unpaired) electrons. The predicted molar refractivity (Wildman–Crippen MR) is 106 cm³/mol. The van der Waals surface area contributed by atoms with Gasteiger partial charge < -0.3 is 4.74 Å². The van der Waals surface area contributed by atoms with E-state index in [0.29, 0.717) is 5.13 Å². The summed E-state index contributed by atoms with van der Waals surface area (Å²) in [7, 11) is 0. The van der Waals surface area contributed by atoms with E-state index in [1.165, 1.54) is 24.2 Å². The second kappa shape index (κ2) is 8.64. The molecule has 0 aliphatic carbocycles. The zero-order valence-electron chi connectivity index (χ0n) is 15.7. The van der Waals surface area contributed by atoms with Crippen LogP contribution in [0.2, 0.25) is 0 Å². The molecule has 0 spiro atoms. The number of rotatable bonds is 6. The Morgan fingerprint density at radius 2 is 2.27 bits per heavy atom. The quantitative estimate of drug-likeness (QED) is 0.831. The lowest BCUT2D eigenvalue weighted by molar-refractivity contribution is -0.118. The average Bonchev–Trinajstić information content (AvgIpc) is 3.02. The molecule has 1 amide bonds. The number of anilines is 1. The topological polar surface area (TPSA) is 54.5 Å². The summed E-state index contributed by atoms with van der Waals surface area (Å²) in [6, 6.07) is 5.98. The zero-order chi connectivity index (χ0) is 18.5. The second-order valence-electron chi connectivity index (χ2n) is 7.23. The molecule has 2 heterocycles. The Kier molecular flexibility index (Phi) is 6.27. The number of amides is 1. The summed E-state index contributed by atoms with van der Waals surface area (Å²) >= 11 is 1.47. The van der Waals surface area contributed by atoms with Gasteiger partial charge in [-0.2, -0.15) is 0 Å². The van der Waals surface area contributed by atoms with Gasteiger partial charge in [-0.15, -0.1) is 11.3 Å². The first-order chi connectivity index (χ1) is 12.5. The molecule has 1 unspecified atom stereocenters. The first kappa shape index (κ1) is 18.9. The second-order valence-corrected chi connectivity index (χ2v) is 8.09. The number of ether oxygens (including phenoxy) is 1. The molecule has 1 saturated heterocycles. The van der Waals surface area contributed by atoms with Crippen LogP contribution in [-0.2, 0) is 11.3 Å². The van der Waals surface area contributed by atoms with Crippen LogP contribution in [0, 0.1) is 19.8 Å². The lowest BCUT2D eigenvalue weighted by atomic mass is 10.0. The highest BCUT2D eigenvalue weighted by molar-refractivity contribution is 7.13. The molecule has 1 aromatic heterocycles. The molecule has 0 bridgehead atoms. The number of carbonyl (C=O) groups is 1. The monoisotopic (exact) mass is 373 g/mol. The van der Waals surface area contributed by atoms with Crippen LogP contribution in [0.4, 0.5) is 5.13 Å². The molecule has 5 nitrogen and oxygen atoms in total. The summed E-state index contributed by atoms with van der Waals surface area (Å²) in [4.78, 5) is 19.1. The highest BCUT2D eigenvalue weighted by Gasteiger charge is 2.17. The van der Waals surface area contributed by atoms with Crippen LogP contribution < -0.4 is 10.1 Å². The Bertz CT molecular complexity index is 759. The molecule has 1 atom stereocenters. The summed E-state index contributed by atoms with van der Waals surface area (Å²) in [6.45, 7) is 9.39. The minimum atomic E-state index is -0.182. The molecule has 1 fully saturated rings. The number of nitrogens with zero attached hydrogens (tertiary/aromatic N) is 2. The molecule has 26 heavy (non-hydrogen) atoms. The van der Waals surface area contributed by atoms with Crippen molar-refractivity contribution in [1.29, 1.82) is 0 Å². The lowest BCUT2D eigenvalue weighted by Crippen LogP contribution is -2.33. The maximum absolute atomic E-state index is 12.1. The summed E-state index contributed by atoms with van der Waals surface area (Å²) in [5, 5.41) is 5.50. The van der Waals surface area contributed by atoms with E-state index in [1.54, 1.807) is 0 Å². The summed E-state index contributed by atoms with van der Waals surface area (Å²) < 4.78 is 5.65. The largest absolute Gasteiger partial charge is 0.483 e. The van der Waals surface area contributed by atoms with Gasteiger partial charge in [0.05, 0.1) is 5.69 Å². The number of carbonyl (C=O) groups excluding carboxylic acids is 1. The van der Waals surface area contributed by atoms with E-state index in [1.807, 2.05) is 37.4 Å². The van der Waals surface area contributed by atoms with E-state index < -0.39 is 0 Å². The number of hydrogen-bond donors (Lipinski definition) is 1. The molecule has 1 N–H and O–H groups in total. The fraction of sp³-hybridized carbons (Fsp3) is 0.500. The smallest absolute Gasteiger partial charge is 0.264 e. The van der Waals surface area contributed by atoms with E-state index in [-0.39, 0.29) is 12.5 Å². The first-order valence-electron chi connectivity index (χ1n) is 9.16. The van der Waals surface area contributed by atoms with E-state index in [9.17, 15) is 4.79 Å². The van der Waals surface area contributed by atoms with Crippen LogP contribution in [0.3, 0.4) is 0 Å². The van der Waals surface area contributed by atoms with E-state index in [0.717, 1.165) is 48.1 Å². The number of aromatic nitrogens is 1. The highest BCUT2D eigenvalue weighted by atomic mass is 32.1. The molecular weight excluding hydrogens is 346 g/mol.